The van der Waals surface area contributed by atoms with Gasteiger partial charge in [-0.15, -0.1) is 6.42 Å². The Balaban J connectivity index is 1.80. The quantitative estimate of drug-likeness (QED) is 0.129. The SMILES string of the molecule is C#C/C(Oc1cccc(C(=O)NC(C)(C)C)c1)=C(Cl)\C=C(/C)Nc1ncnc2c1C=C(CNCCO)CCN2. The first-order valence-corrected chi connectivity index (χ1v) is 13.0. The number of terminal acetylenes is 1. The second kappa shape index (κ2) is 13.8. The van der Waals surface area contributed by atoms with E-state index in [2.05, 4.69) is 37.2 Å². The van der Waals surface area contributed by atoms with Crippen LogP contribution in [0.3, 0.4) is 0 Å². The number of fused-ring (bicyclic) bond motifs is 1. The minimum atomic E-state index is -0.372. The molecule has 39 heavy (non-hydrogen) atoms. The highest BCUT2D eigenvalue weighted by atomic mass is 35.5. The molecule has 2 heterocycles. The van der Waals surface area contributed by atoms with E-state index in [1.54, 1.807) is 30.3 Å². The summed E-state index contributed by atoms with van der Waals surface area (Å²) in [7, 11) is 0. The third-order valence-electron chi connectivity index (χ3n) is 5.42. The molecule has 0 bridgehead atoms. The maximum absolute atomic E-state index is 12.5. The Kier molecular flexibility index (Phi) is 10.5. The highest BCUT2D eigenvalue weighted by Crippen LogP contribution is 2.28. The number of aliphatic hydroxyl groups is 1. The standard InChI is InChI=1S/C29H35ClN6O3/c1-6-25(39-22-9-7-8-21(16-22)28(38)36-29(3,4)5)24(30)14-19(2)35-27-23-15-20(17-31-12-13-37)10-11-32-26(23)33-18-34-27/h1,7-9,14-16,18,31,37H,10-13,17H2,2-5H3,(H,36,38)(H2,32,33,34,35)/b19-14+,25-24-. The Morgan fingerprint density at radius 2 is 2.13 bits per heavy atom. The molecule has 0 unspecified atom stereocenters. The van der Waals surface area contributed by atoms with Crippen LogP contribution in [-0.4, -0.2) is 52.8 Å². The molecule has 1 aromatic carbocycles. The number of hydrogen-bond donors (Lipinski definition) is 5. The van der Waals surface area contributed by atoms with Gasteiger partial charge in [-0.2, -0.15) is 0 Å². The number of nitrogens with zero attached hydrogens (tertiary/aromatic N) is 2. The van der Waals surface area contributed by atoms with Gasteiger partial charge >= 0.3 is 0 Å². The maximum atomic E-state index is 12.5. The molecule has 0 saturated heterocycles. The minimum Gasteiger partial charge on any atom is -0.447 e. The topological polar surface area (TPSA) is 120 Å². The Morgan fingerprint density at radius 3 is 2.85 bits per heavy atom. The van der Waals surface area contributed by atoms with Crippen LogP contribution in [-0.2, 0) is 0 Å². The first kappa shape index (κ1) is 29.7. The van der Waals surface area contributed by atoms with Crippen molar-refractivity contribution in [2.45, 2.75) is 39.7 Å². The fourth-order valence-electron chi connectivity index (χ4n) is 3.72. The molecule has 1 aliphatic rings. The lowest BCUT2D eigenvalue weighted by Gasteiger charge is -2.20. The van der Waals surface area contributed by atoms with Crippen molar-refractivity contribution in [2.75, 3.05) is 36.9 Å². The number of nitrogens with one attached hydrogen (secondary N) is 4. The molecule has 10 heteroatoms. The van der Waals surface area contributed by atoms with Crippen LogP contribution in [0.5, 0.6) is 5.75 Å². The van der Waals surface area contributed by atoms with E-state index in [0.717, 1.165) is 29.9 Å². The summed E-state index contributed by atoms with van der Waals surface area (Å²) in [5.74, 6) is 4.08. The third-order valence-corrected chi connectivity index (χ3v) is 5.70. The molecule has 206 valence electrons. The highest BCUT2D eigenvalue weighted by Gasteiger charge is 2.17. The van der Waals surface area contributed by atoms with Crippen molar-refractivity contribution in [2.24, 2.45) is 0 Å². The summed E-state index contributed by atoms with van der Waals surface area (Å²) in [6.45, 7) is 9.56. The minimum absolute atomic E-state index is 0.0810. The Labute approximate surface area is 234 Å². The molecule has 0 spiro atoms. The average molecular weight is 551 g/mol. The van der Waals surface area contributed by atoms with Gasteiger partial charge in [0.05, 0.1) is 17.2 Å². The van der Waals surface area contributed by atoms with Crippen molar-refractivity contribution in [3.05, 3.63) is 69.9 Å². The predicted octanol–water partition coefficient (Wildman–Crippen LogP) is 4.26. The predicted molar refractivity (Wildman–Crippen MR) is 156 cm³/mol. The van der Waals surface area contributed by atoms with Gasteiger partial charge in [0.25, 0.3) is 5.91 Å². The summed E-state index contributed by atoms with van der Waals surface area (Å²) in [6, 6.07) is 6.73. The number of ether oxygens (including phenoxy) is 1. The van der Waals surface area contributed by atoms with Crippen LogP contribution >= 0.6 is 11.6 Å². The van der Waals surface area contributed by atoms with Gasteiger partial charge in [-0.3, -0.25) is 4.79 Å². The second-order valence-corrected chi connectivity index (χ2v) is 10.4. The highest BCUT2D eigenvalue weighted by molar-refractivity contribution is 6.31. The first-order valence-electron chi connectivity index (χ1n) is 12.6. The lowest BCUT2D eigenvalue weighted by atomic mass is 10.1. The number of carbonyl (C=O) groups is 1. The summed E-state index contributed by atoms with van der Waals surface area (Å²) in [4.78, 5) is 21.3. The molecule has 0 radical (unpaired) electrons. The summed E-state index contributed by atoms with van der Waals surface area (Å²) in [6.07, 6.45) is 11.7. The summed E-state index contributed by atoms with van der Waals surface area (Å²) in [5.41, 5.74) is 2.73. The first-order chi connectivity index (χ1) is 18.6. The van der Waals surface area contributed by atoms with Crippen molar-refractivity contribution < 1.29 is 14.6 Å². The Bertz CT molecular complexity index is 1320. The number of amides is 1. The largest absolute Gasteiger partial charge is 0.447 e. The molecule has 0 aliphatic carbocycles. The Hall–Kier alpha value is -3.84. The van der Waals surface area contributed by atoms with Crippen molar-refractivity contribution in [1.82, 2.24) is 20.6 Å². The van der Waals surface area contributed by atoms with Gasteiger partial charge in [0, 0.05) is 36.4 Å². The number of allylic oxidation sites excluding steroid dienone is 4. The smallest absolute Gasteiger partial charge is 0.251 e. The van der Waals surface area contributed by atoms with E-state index >= 15 is 0 Å². The molecule has 0 atom stereocenters. The van der Waals surface area contributed by atoms with Crippen LogP contribution in [0.2, 0.25) is 0 Å². The van der Waals surface area contributed by atoms with E-state index in [-0.39, 0.29) is 28.8 Å². The van der Waals surface area contributed by atoms with Crippen molar-refractivity contribution >= 4 is 35.2 Å². The lowest BCUT2D eigenvalue weighted by molar-refractivity contribution is 0.0919. The normalized spacial score (nSPS) is 14.1. The Morgan fingerprint density at radius 1 is 1.33 bits per heavy atom. The van der Waals surface area contributed by atoms with Gasteiger partial charge in [0.1, 0.15) is 23.7 Å². The zero-order chi connectivity index (χ0) is 28.4. The molecule has 0 fully saturated rings. The zero-order valence-electron chi connectivity index (χ0n) is 22.7. The van der Waals surface area contributed by atoms with E-state index in [1.807, 2.05) is 33.8 Å². The number of aromatic nitrogens is 2. The van der Waals surface area contributed by atoms with E-state index in [0.29, 0.717) is 35.9 Å². The summed E-state index contributed by atoms with van der Waals surface area (Å²) < 4.78 is 5.85. The number of carbonyl (C=O) groups excluding carboxylic acids is 1. The molecule has 2 aromatic rings. The van der Waals surface area contributed by atoms with Crippen LogP contribution in [0.25, 0.3) is 6.08 Å². The molecule has 3 rings (SSSR count). The van der Waals surface area contributed by atoms with Crippen molar-refractivity contribution in [3.8, 4) is 18.1 Å². The van der Waals surface area contributed by atoms with Gasteiger partial charge in [-0.25, -0.2) is 9.97 Å². The number of benzene rings is 1. The maximum Gasteiger partial charge on any atom is 0.251 e. The summed E-state index contributed by atoms with van der Waals surface area (Å²) in [5, 5.41) is 22.0. The summed E-state index contributed by atoms with van der Waals surface area (Å²) >= 11 is 6.54. The van der Waals surface area contributed by atoms with Crippen LogP contribution < -0.4 is 26.0 Å². The fourth-order valence-corrected chi connectivity index (χ4v) is 3.97. The average Bonchev–Trinajstić information content (AvgIpc) is 3.09. The molecule has 0 saturated carbocycles. The third kappa shape index (κ3) is 9.14. The lowest BCUT2D eigenvalue weighted by Crippen LogP contribution is -2.40. The number of hydrogen-bond acceptors (Lipinski definition) is 8. The van der Waals surface area contributed by atoms with Crippen molar-refractivity contribution in [1.29, 1.82) is 0 Å². The molecular formula is C29H35ClN6O3. The van der Waals surface area contributed by atoms with Crippen LogP contribution in [0.1, 0.15) is 50.0 Å². The van der Waals surface area contributed by atoms with Crippen LogP contribution in [0.15, 0.2) is 58.7 Å². The number of halogens is 1. The van der Waals surface area contributed by atoms with Gasteiger partial charge in [0.2, 0.25) is 0 Å². The van der Waals surface area contributed by atoms with E-state index in [1.165, 1.54) is 6.33 Å². The number of anilines is 2. The van der Waals surface area contributed by atoms with Gasteiger partial charge < -0.3 is 31.1 Å². The fraction of sp³-hybridized carbons (Fsp3) is 0.345. The molecule has 1 aliphatic heterocycles. The zero-order valence-corrected chi connectivity index (χ0v) is 23.4. The second-order valence-electron chi connectivity index (χ2n) is 9.97. The van der Waals surface area contributed by atoms with Gasteiger partial charge in [0.15, 0.2) is 5.76 Å². The van der Waals surface area contributed by atoms with E-state index < -0.39 is 0 Å². The number of aliphatic hydroxyl groups excluding tert-OH is 1. The molecular weight excluding hydrogens is 516 g/mol. The van der Waals surface area contributed by atoms with Crippen molar-refractivity contribution in [3.63, 3.8) is 0 Å². The monoisotopic (exact) mass is 550 g/mol. The molecule has 1 aromatic heterocycles. The van der Waals surface area contributed by atoms with Gasteiger partial charge in [-0.1, -0.05) is 23.2 Å². The van der Waals surface area contributed by atoms with Gasteiger partial charge in [-0.05, 0) is 70.4 Å². The van der Waals surface area contributed by atoms with Crippen LogP contribution in [0, 0.1) is 12.3 Å². The molecule has 9 nitrogen and oxygen atoms in total. The van der Waals surface area contributed by atoms with E-state index in [4.69, 9.17) is 27.9 Å². The van der Waals surface area contributed by atoms with Crippen LogP contribution in [0.4, 0.5) is 11.6 Å². The van der Waals surface area contributed by atoms with E-state index in [9.17, 15) is 4.79 Å². The number of rotatable bonds is 10. The molecule has 1 amide bonds. The molecule has 5 N–H and O–H groups in total.